The molecule has 0 spiro atoms. The SMILES string of the molecule is COc1cc(O)c2c(c1Cl)C(C)(OC1CC(C)(O)C(OC)C(C)O1)C1CC3(O)C(N(C)C)C(=O)C(C(N)=O)=C(O)C3(O)C(=O)C1=C2O. The summed E-state index contributed by atoms with van der Waals surface area (Å²) in [5.41, 5.74) is -6.56. The fourth-order valence-corrected chi connectivity index (χ4v) is 8.47. The standard InChI is InChI=1S/C31H39ClN2O13/c1-11-26(45-7)28(2,41)10-15(46-11)47-29(3)12-9-30(42)23(34(4)5)22(37)18(27(33)40)25(39)31(30,43)24(38)16(12)21(36)17-13(35)8-14(44-6)20(32)19(17)29/h8,11-12,15,23,26,35-36,39,41-43H,9-10H2,1-7H3,(H2,33,40). The lowest BCUT2D eigenvalue weighted by molar-refractivity contribution is -0.313. The van der Waals surface area contributed by atoms with Gasteiger partial charge >= 0.3 is 0 Å². The molecule has 1 aliphatic heterocycles. The van der Waals surface area contributed by atoms with Crippen molar-refractivity contribution >= 4 is 34.8 Å². The zero-order chi connectivity index (χ0) is 35.3. The number of methoxy groups -OCH3 is 2. The van der Waals surface area contributed by atoms with Crippen LogP contribution in [0.4, 0.5) is 0 Å². The average Bonchev–Trinajstić information content (AvgIpc) is 2.94. The molecule has 9 atom stereocenters. The molecule has 5 rings (SSSR count). The number of rotatable bonds is 6. The number of aromatic hydroxyl groups is 1. The van der Waals surface area contributed by atoms with Crippen LogP contribution in [-0.4, -0.2) is 123 Å². The number of nitrogens with zero attached hydrogens (tertiary/aromatic N) is 1. The third kappa shape index (κ3) is 4.55. The number of hydrogen-bond acceptors (Lipinski definition) is 14. The molecule has 16 heteroatoms. The Morgan fingerprint density at radius 2 is 1.72 bits per heavy atom. The minimum atomic E-state index is -3.38. The molecule has 1 saturated carbocycles. The van der Waals surface area contributed by atoms with E-state index in [-0.39, 0.29) is 22.8 Å². The van der Waals surface area contributed by atoms with Crippen molar-refractivity contribution < 1.29 is 64.0 Å². The molecule has 1 aromatic rings. The molecule has 1 saturated heterocycles. The van der Waals surface area contributed by atoms with Gasteiger partial charge in [-0.15, -0.1) is 0 Å². The first-order valence-corrected chi connectivity index (χ1v) is 15.1. The van der Waals surface area contributed by atoms with Crippen LogP contribution in [0.5, 0.6) is 11.5 Å². The third-order valence-electron chi connectivity index (χ3n) is 10.1. The van der Waals surface area contributed by atoms with Gasteiger partial charge in [-0.25, -0.2) is 0 Å². The van der Waals surface area contributed by atoms with Crippen molar-refractivity contribution in [2.75, 3.05) is 28.3 Å². The van der Waals surface area contributed by atoms with Gasteiger partial charge < -0.3 is 55.3 Å². The number of primary amides is 1. The van der Waals surface area contributed by atoms with Gasteiger partial charge in [0.25, 0.3) is 5.91 Å². The Balaban J connectivity index is 1.82. The number of hydrogen-bond donors (Lipinski definition) is 7. The summed E-state index contributed by atoms with van der Waals surface area (Å²) in [6.07, 6.45) is -3.71. The smallest absolute Gasteiger partial charge is 0.255 e. The van der Waals surface area contributed by atoms with Crippen molar-refractivity contribution in [1.82, 2.24) is 4.90 Å². The van der Waals surface area contributed by atoms with Crippen LogP contribution < -0.4 is 10.5 Å². The predicted molar refractivity (Wildman–Crippen MR) is 162 cm³/mol. The van der Waals surface area contributed by atoms with Crippen molar-refractivity contribution in [3.05, 3.63) is 39.1 Å². The van der Waals surface area contributed by atoms with Gasteiger partial charge in [-0.05, 0) is 41.3 Å². The van der Waals surface area contributed by atoms with Crippen LogP contribution in [0.25, 0.3) is 5.76 Å². The molecule has 2 fully saturated rings. The Morgan fingerprint density at radius 3 is 2.23 bits per heavy atom. The number of aliphatic hydroxyl groups excluding tert-OH is 2. The summed E-state index contributed by atoms with van der Waals surface area (Å²) in [4.78, 5) is 41.7. The largest absolute Gasteiger partial charge is 0.508 e. The lowest BCUT2D eigenvalue weighted by atomic mass is 9.52. The molecule has 47 heavy (non-hydrogen) atoms. The summed E-state index contributed by atoms with van der Waals surface area (Å²) in [5, 5.41) is 69.6. The highest BCUT2D eigenvalue weighted by atomic mass is 35.5. The van der Waals surface area contributed by atoms with Gasteiger partial charge in [-0.2, -0.15) is 0 Å². The molecule has 9 unspecified atom stereocenters. The molecule has 0 aromatic heterocycles. The van der Waals surface area contributed by atoms with E-state index >= 15 is 0 Å². The van der Waals surface area contributed by atoms with Crippen molar-refractivity contribution in [2.45, 2.75) is 80.6 Å². The normalized spacial score (nSPS) is 38.7. The van der Waals surface area contributed by atoms with Gasteiger partial charge in [0.05, 0.1) is 29.4 Å². The fraction of sp³-hybridized carbons (Fsp3) is 0.581. The molecule has 1 aromatic carbocycles. The number of carbonyl (C=O) groups is 3. The number of Topliss-reactive ketones (excluding diaryl/α,β-unsaturated/α-hetero) is 2. The van der Waals surface area contributed by atoms with Crippen LogP contribution in [0.2, 0.25) is 5.02 Å². The van der Waals surface area contributed by atoms with Crippen LogP contribution >= 0.6 is 11.6 Å². The number of amides is 1. The minimum Gasteiger partial charge on any atom is -0.508 e. The van der Waals surface area contributed by atoms with E-state index in [2.05, 4.69) is 0 Å². The minimum absolute atomic E-state index is 0.0543. The first-order chi connectivity index (χ1) is 21.6. The Bertz CT molecular complexity index is 1640. The summed E-state index contributed by atoms with van der Waals surface area (Å²) in [6, 6.07) is -0.749. The van der Waals surface area contributed by atoms with E-state index in [1.165, 1.54) is 42.2 Å². The lowest BCUT2D eigenvalue weighted by Crippen LogP contribution is -2.77. The quantitative estimate of drug-likeness (QED) is 0.200. The van der Waals surface area contributed by atoms with Crippen molar-refractivity contribution in [3.63, 3.8) is 0 Å². The van der Waals surface area contributed by atoms with Crippen LogP contribution in [-0.2, 0) is 34.2 Å². The molecule has 1 heterocycles. The van der Waals surface area contributed by atoms with E-state index in [1.807, 2.05) is 0 Å². The molecular weight excluding hydrogens is 644 g/mol. The van der Waals surface area contributed by atoms with Gasteiger partial charge in [0.15, 0.2) is 17.8 Å². The maximum absolute atomic E-state index is 14.5. The summed E-state index contributed by atoms with van der Waals surface area (Å²) in [5.74, 6) is -8.67. The first-order valence-electron chi connectivity index (χ1n) is 14.7. The number of phenols is 1. The van der Waals surface area contributed by atoms with Crippen LogP contribution in [0.3, 0.4) is 0 Å². The number of halogens is 1. The number of aliphatic hydroxyl groups is 5. The van der Waals surface area contributed by atoms with E-state index in [1.54, 1.807) is 6.92 Å². The second-order valence-electron chi connectivity index (χ2n) is 13.2. The average molecular weight is 683 g/mol. The van der Waals surface area contributed by atoms with E-state index in [0.29, 0.717) is 0 Å². The molecule has 0 radical (unpaired) electrons. The second kappa shape index (κ2) is 11.1. The number of ketones is 2. The van der Waals surface area contributed by atoms with Gasteiger partial charge in [-0.3, -0.25) is 19.3 Å². The number of fused-ring (bicyclic) bond motifs is 3. The Morgan fingerprint density at radius 1 is 1.11 bits per heavy atom. The van der Waals surface area contributed by atoms with Gasteiger partial charge in [0.2, 0.25) is 11.4 Å². The lowest BCUT2D eigenvalue weighted by Gasteiger charge is -2.58. The Labute approximate surface area is 274 Å². The molecule has 3 aliphatic carbocycles. The number of nitrogens with two attached hydrogens (primary N) is 1. The van der Waals surface area contributed by atoms with Crippen molar-refractivity contribution in [1.29, 1.82) is 0 Å². The van der Waals surface area contributed by atoms with E-state index < -0.39 is 111 Å². The number of ether oxygens (including phenoxy) is 4. The van der Waals surface area contributed by atoms with Gasteiger partial charge in [0.1, 0.15) is 46.2 Å². The molecule has 0 bridgehead atoms. The highest BCUT2D eigenvalue weighted by molar-refractivity contribution is 6.33. The van der Waals surface area contributed by atoms with Crippen molar-refractivity contribution in [3.8, 4) is 11.5 Å². The molecule has 1 amide bonds. The third-order valence-corrected chi connectivity index (χ3v) is 10.4. The van der Waals surface area contributed by atoms with Crippen LogP contribution in [0.1, 0.15) is 44.7 Å². The molecular formula is C31H39ClN2O13. The predicted octanol–water partition coefficient (Wildman–Crippen LogP) is 0.331. The Hall–Kier alpha value is -3.28. The van der Waals surface area contributed by atoms with Crippen LogP contribution in [0, 0.1) is 5.92 Å². The number of phenolic OH excluding ortho intramolecular Hbond substituents is 1. The van der Waals surface area contributed by atoms with Gasteiger partial charge in [0, 0.05) is 36.7 Å². The summed E-state index contributed by atoms with van der Waals surface area (Å²) >= 11 is 6.82. The maximum Gasteiger partial charge on any atom is 0.255 e. The fourth-order valence-electron chi connectivity index (χ4n) is 8.06. The van der Waals surface area contributed by atoms with E-state index in [9.17, 15) is 45.0 Å². The van der Waals surface area contributed by atoms with Crippen LogP contribution in [0.15, 0.2) is 23.0 Å². The molecule has 258 valence electrons. The zero-order valence-electron chi connectivity index (χ0n) is 26.8. The summed E-state index contributed by atoms with van der Waals surface area (Å²) in [6.45, 7) is 4.59. The highest BCUT2D eigenvalue weighted by Gasteiger charge is 2.74. The zero-order valence-corrected chi connectivity index (χ0v) is 27.6. The highest BCUT2D eigenvalue weighted by Crippen LogP contribution is 2.62. The topological polar surface area (TPSA) is 239 Å². The van der Waals surface area contributed by atoms with E-state index in [4.69, 9.17) is 36.3 Å². The second-order valence-corrected chi connectivity index (χ2v) is 13.6. The summed E-state index contributed by atoms with van der Waals surface area (Å²) in [7, 11) is 5.36. The number of carbonyl (C=O) groups excluding carboxylic acids is 3. The van der Waals surface area contributed by atoms with Crippen molar-refractivity contribution in [2.24, 2.45) is 11.7 Å². The summed E-state index contributed by atoms with van der Waals surface area (Å²) < 4.78 is 23.5. The Kier molecular flexibility index (Phi) is 8.30. The molecule has 15 nitrogen and oxygen atoms in total. The monoisotopic (exact) mass is 682 g/mol. The van der Waals surface area contributed by atoms with Gasteiger partial charge in [-0.1, -0.05) is 11.6 Å². The first kappa shape index (κ1) is 35.0. The molecule has 4 aliphatic rings. The number of likely N-dealkylation sites (N-methyl/N-ethyl adjacent to an activating group) is 1. The van der Waals surface area contributed by atoms with E-state index in [0.717, 1.165) is 11.0 Å². The molecule has 8 N–H and O–H groups in total. The maximum atomic E-state index is 14.5. The number of benzene rings is 1.